The van der Waals surface area contributed by atoms with Crippen molar-refractivity contribution >= 4 is 5.69 Å². The number of hydrogen-bond acceptors (Lipinski definition) is 1. The minimum Gasteiger partial charge on any atom is -0.399 e. The van der Waals surface area contributed by atoms with Crippen molar-refractivity contribution < 1.29 is 4.39 Å². The Hall–Kier alpha value is -1.05. The molecular weight excluding hydrogens is 129 g/mol. The van der Waals surface area contributed by atoms with Gasteiger partial charge in [-0.3, -0.25) is 4.39 Å². The van der Waals surface area contributed by atoms with Gasteiger partial charge < -0.3 is 5.73 Å². The minimum atomic E-state index is 0.500. The summed E-state index contributed by atoms with van der Waals surface area (Å²) in [6, 6.07) is 7.79. The molecule has 2 N–H and O–H groups in total. The normalized spacial score (nSPS) is 7.90. The molecule has 2 heteroatoms. The highest BCUT2D eigenvalue weighted by Gasteiger charge is 1.80. The van der Waals surface area contributed by atoms with Crippen molar-refractivity contribution in [3.63, 3.8) is 0 Å². The number of alkyl halides is 1. The molecule has 0 spiro atoms. The molecule has 0 unspecified atom stereocenters. The van der Waals surface area contributed by atoms with E-state index in [1.54, 1.807) is 0 Å². The molecule has 0 bridgehead atoms. The van der Waals surface area contributed by atoms with Crippen LogP contribution in [-0.2, 0) is 0 Å². The van der Waals surface area contributed by atoms with E-state index in [1.165, 1.54) is 5.56 Å². The Morgan fingerprint density at radius 2 is 1.50 bits per heavy atom. The maximum atomic E-state index is 9.50. The second-order valence-corrected chi connectivity index (χ2v) is 1.91. The molecule has 0 aliphatic carbocycles. The van der Waals surface area contributed by atoms with Crippen LogP contribution < -0.4 is 5.73 Å². The van der Waals surface area contributed by atoms with Crippen molar-refractivity contribution in [2.45, 2.75) is 6.92 Å². The van der Waals surface area contributed by atoms with Gasteiger partial charge in [0.25, 0.3) is 0 Å². The summed E-state index contributed by atoms with van der Waals surface area (Å²) >= 11 is 0. The number of anilines is 1. The van der Waals surface area contributed by atoms with Crippen molar-refractivity contribution in [3.05, 3.63) is 29.8 Å². The van der Waals surface area contributed by atoms with Gasteiger partial charge >= 0.3 is 0 Å². The summed E-state index contributed by atoms with van der Waals surface area (Å²) in [5.41, 5.74) is 7.51. The first kappa shape index (κ1) is 8.95. The van der Waals surface area contributed by atoms with Crippen LogP contribution in [0.4, 0.5) is 10.1 Å². The second-order valence-electron chi connectivity index (χ2n) is 1.91. The first-order valence-corrected chi connectivity index (χ1v) is 2.99. The number of benzene rings is 1. The summed E-state index contributed by atoms with van der Waals surface area (Å²) in [7, 11) is 0.500. The summed E-state index contributed by atoms with van der Waals surface area (Å²) in [6.45, 7) is 2.04. The van der Waals surface area contributed by atoms with Gasteiger partial charge in [-0.2, -0.15) is 0 Å². The molecule has 1 rings (SSSR count). The summed E-state index contributed by atoms with van der Waals surface area (Å²) in [6.07, 6.45) is 0. The van der Waals surface area contributed by atoms with Gasteiger partial charge in [-0.15, -0.1) is 0 Å². The Kier molecular flexibility index (Phi) is 4.29. The standard InChI is InChI=1S/C7H9N.CH3F/c1-6-2-4-7(8)5-3-6;1-2/h2-5H,8H2,1H3;1H3. The van der Waals surface area contributed by atoms with E-state index >= 15 is 0 Å². The van der Waals surface area contributed by atoms with Gasteiger partial charge in [-0.25, -0.2) is 0 Å². The van der Waals surface area contributed by atoms with Gasteiger partial charge in [-0.1, -0.05) is 17.7 Å². The van der Waals surface area contributed by atoms with E-state index in [0.29, 0.717) is 7.18 Å². The molecule has 56 valence electrons. The molecule has 0 amide bonds. The Balaban J connectivity index is 0.000000371. The molecule has 0 aliphatic heterocycles. The Bertz CT molecular complexity index is 148. The number of halogens is 1. The van der Waals surface area contributed by atoms with E-state index in [1.807, 2.05) is 31.2 Å². The molecule has 0 aliphatic rings. The van der Waals surface area contributed by atoms with Crippen LogP contribution in [0.15, 0.2) is 24.3 Å². The predicted octanol–water partition coefficient (Wildman–Crippen LogP) is 2.16. The predicted molar refractivity (Wildman–Crippen MR) is 42.6 cm³/mol. The lowest BCUT2D eigenvalue weighted by atomic mass is 10.2. The fourth-order valence-electron chi connectivity index (χ4n) is 0.566. The van der Waals surface area contributed by atoms with Crippen molar-refractivity contribution in [1.29, 1.82) is 0 Å². The third kappa shape index (κ3) is 3.07. The number of hydrogen-bond donors (Lipinski definition) is 1. The third-order valence-electron chi connectivity index (χ3n) is 1.08. The Morgan fingerprint density at radius 3 is 1.80 bits per heavy atom. The van der Waals surface area contributed by atoms with Gasteiger partial charge in [0.05, 0.1) is 7.18 Å². The lowest BCUT2D eigenvalue weighted by molar-refractivity contribution is 0.636. The average molecular weight is 141 g/mol. The highest BCUT2D eigenvalue weighted by molar-refractivity contribution is 5.38. The fourth-order valence-corrected chi connectivity index (χ4v) is 0.566. The van der Waals surface area contributed by atoms with Crippen molar-refractivity contribution in [3.8, 4) is 0 Å². The monoisotopic (exact) mass is 141 g/mol. The molecule has 0 aromatic heterocycles. The molecule has 0 radical (unpaired) electrons. The van der Waals surface area contributed by atoms with E-state index in [-0.39, 0.29) is 0 Å². The molecule has 0 saturated heterocycles. The zero-order chi connectivity index (χ0) is 7.98. The van der Waals surface area contributed by atoms with Crippen LogP contribution in [-0.4, -0.2) is 7.18 Å². The zero-order valence-corrected chi connectivity index (χ0v) is 6.26. The van der Waals surface area contributed by atoms with E-state index < -0.39 is 0 Å². The van der Waals surface area contributed by atoms with E-state index in [4.69, 9.17) is 5.73 Å². The number of aryl methyl sites for hydroxylation is 1. The molecule has 10 heavy (non-hydrogen) atoms. The third-order valence-corrected chi connectivity index (χ3v) is 1.08. The van der Waals surface area contributed by atoms with E-state index in [2.05, 4.69) is 0 Å². The average Bonchev–Trinajstić information content (AvgIpc) is 2.00. The fraction of sp³-hybridized carbons (Fsp3) is 0.250. The van der Waals surface area contributed by atoms with Crippen LogP contribution in [0.3, 0.4) is 0 Å². The van der Waals surface area contributed by atoms with Crippen LogP contribution in [0, 0.1) is 6.92 Å². The van der Waals surface area contributed by atoms with Crippen molar-refractivity contribution in [1.82, 2.24) is 0 Å². The lowest BCUT2D eigenvalue weighted by Crippen LogP contribution is -1.81. The quantitative estimate of drug-likeness (QED) is 0.550. The summed E-state index contributed by atoms with van der Waals surface area (Å²) in [5, 5.41) is 0. The summed E-state index contributed by atoms with van der Waals surface area (Å²) in [4.78, 5) is 0. The molecule has 0 atom stereocenters. The van der Waals surface area contributed by atoms with Gasteiger partial charge in [0.15, 0.2) is 0 Å². The lowest BCUT2D eigenvalue weighted by Gasteiger charge is -1.90. The van der Waals surface area contributed by atoms with Crippen LogP contribution >= 0.6 is 0 Å². The van der Waals surface area contributed by atoms with Crippen LogP contribution in [0.1, 0.15) is 5.56 Å². The number of rotatable bonds is 0. The molecular formula is C8H12FN. The molecule has 0 saturated carbocycles. The molecule has 1 aromatic rings. The maximum absolute atomic E-state index is 9.50. The Morgan fingerprint density at radius 1 is 1.10 bits per heavy atom. The van der Waals surface area contributed by atoms with Crippen LogP contribution in [0.2, 0.25) is 0 Å². The van der Waals surface area contributed by atoms with E-state index in [9.17, 15) is 4.39 Å². The first-order chi connectivity index (χ1) is 4.79. The number of nitrogen functional groups attached to an aromatic ring is 1. The highest BCUT2D eigenvalue weighted by Crippen LogP contribution is 2.02. The van der Waals surface area contributed by atoms with Gasteiger partial charge in [0.1, 0.15) is 0 Å². The van der Waals surface area contributed by atoms with E-state index in [0.717, 1.165) is 5.69 Å². The number of nitrogens with two attached hydrogens (primary N) is 1. The molecule has 1 nitrogen and oxygen atoms in total. The Labute approximate surface area is 60.7 Å². The largest absolute Gasteiger partial charge is 0.399 e. The first-order valence-electron chi connectivity index (χ1n) is 2.99. The van der Waals surface area contributed by atoms with Gasteiger partial charge in [0.2, 0.25) is 0 Å². The van der Waals surface area contributed by atoms with Crippen molar-refractivity contribution in [2.75, 3.05) is 12.9 Å². The topological polar surface area (TPSA) is 26.0 Å². The van der Waals surface area contributed by atoms with Gasteiger partial charge in [-0.05, 0) is 19.1 Å². The summed E-state index contributed by atoms with van der Waals surface area (Å²) in [5.74, 6) is 0. The van der Waals surface area contributed by atoms with Crippen LogP contribution in [0.5, 0.6) is 0 Å². The molecule has 0 heterocycles. The smallest absolute Gasteiger partial charge is 0.0785 e. The molecule has 1 aromatic carbocycles. The SMILES string of the molecule is CF.Cc1ccc(N)cc1. The minimum absolute atomic E-state index is 0.500. The molecule has 0 fully saturated rings. The maximum Gasteiger partial charge on any atom is 0.0785 e. The van der Waals surface area contributed by atoms with Crippen molar-refractivity contribution in [2.24, 2.45) is 0 Å². The zero-order valence-electron chi connectivity index (χ0n) is 6.26. The summed E-state index contributed by atoms with van der Waals surface area (Å²) < 4.78 is 9.50. The second kappa shape index (κ2) is 4.79. The van der Waals surface area contributed by atoms with Crippen LogP contribution in [0.25, 0.3) is 0 Å². The highest BCUT2D eigenvalue weighted by atomic mass is 19.1. The van der Waals surface area contributed by atoms with Gasteiger partial charge in [0, 0.05) is 5.69 Å².